The van der Waals surface area contributed by atoms with Crippen molar-refractivity contribution in [3.63, 3.8) is 0 Å². The third-order valence-electron chi connectivity index (χ3n) is 2.16. The van der Waals surface area contributed by atoms with Crippen molar-refractivity contribution in [2.45, 2.75) is 0 Å². The van der Waals surface area contributed by atoms with E-state index in [1.165, 1.54) is 12.1 Å². The lowest BCUT2D eigenvalue weighted by Crippen LogP contribution is -2.00. The third kappa shape index (κ3) is 3.12. The van der Waals surface area contributed by atoms with Gasteiger partial charge in [-0.2, -0.15) is 0 Å². The van der Waals surface area contributed by atoms with Crippen molar-refractivity contribution in [2.75, 3.05) is 5.32 Å². The van der Waals surface area contributed by atoms with Gasteiger partial charge in [0.2, 0.25) is 0 Å². The maximum Gasteiger partial charge on any atom is 0.335 e. The highest BCUT2D eigenvalue weighted by molar-refractivity contribution is 6.30. The number of benzene rings is 1. The summed E-state index contributed by atoms with van der Waals surface area (Å²) >= 11 is 11.5. The first-order valence-electron chi connectivity index (χ1n) is 4.98. The van der Waals surface area contributed by atoms with Gasteiger partial charge >= 0.3 is 5.97 Å². The SMILES string of the molecule is O=C(O)c1cc(Cl)nc(Nc2ccc(Cl)cc2)c1. The summed E-state index contributed by atoms with van der Waals surface area (Å²) in [6.45, 7) is 0. The topological polar surface area (TPSA) is 62.2 Å². The second-order valence-corrected chi connectivity index (χ2v) is 4.32. The lowest BCUT2D eigenvalue weighted by atomic mass is 10.2. The number of carbonyl (C=O) groups is 1. The number of halogens is 2. The Labute approximate surface area is 113 Å². The van der Waals surface area contributed by atoms with Crippen LogP contribution in [0.3, 0.4) is 0 Å². The number of aromatic carboxylic acids is 1. The predicted octanol–water partition coefficient (Wildman–Crippen LogP) is 3.83. The number of anilines is 2. The van der Waals surface area contributed by atoms with Crippen LogP contribution in [0.5, 0.6) is 0 Å². The van der Waals surface area contributed by atoms with E-state index in [1.54, 1.807) is 24.3 Å². The molecule has 0 atom stereocenters. The molecule has 0 saturated heterocycles. The molecular weight excluding hydrogens is 275 g/mol. The zero-order valence-electron chi connectivity index (χ0n) is 9.02. The molecule has 2 N–H and O–H groups in total. The summed E-state index contributed by atoms with van der Waals surface area (Å²) in [6.07, 6.45) is 0. The van der Waals surface area contributed by atoms with Gasteiger partial charge < -0.3 is 10.4 Å². The van der Waals surface area contributed by atoms with Gasteiger partial charge in [-0.25, -0.2) is 9.78 Å². The van der Waals surface area contributed by atoms with E-state index in [9.17, 15) is 4.79 Å². The van der Waals surface area contributed by atoms with Gasteiger partial charge in [-0.1, -0.05) is 23.2 Å². The Morgan fingerprint density at radius 1 is 1.17 bits per heavy atom. The summed E-state index contributed by atoms with van der Waals surface area (Å²) in [5, 5.41) is 12.6. The van der Waals surface area contributed by atoms with Crippen LogP contribution in [-0.2, 0) is 0 Å². The summed E-state index contributed by atoms with van der Waals surface area (Å²) in [7, 11) is 0. The van der Waals surface area contributed by atoms with Crippen LogP contribution < -0.4 is 5.32 Å². The Kier molecular flexibility index (Phi) is 3.69. The Morgan fingerprint density at radius 2 is 1.83 bits per heavy atom. The van der Waals surface area contributed by atoms with Gasteiger partial charge in [0.05, 0.1) is 5.56 Å². The number of nitrogens with one attached hydrogen (secondary N) is 1. The predicted molar refractivity (Wildman–Crippen MR) is 70.9 cm³/mol. The summed E-state index contributed by atoms with van der Waals surface area (Å²) in [5.74, 6) is -0.694. The molecule has 0 radical (unpaired) electrons. The third-order valence-corrected chi connectivity index (χ3v) is 2.60. The molecule has 0 aliphatic heterocycles. The zero-order chi connectivity index (χ0) is 13.1. The molecule has 6 heteroatoms. The van der Waals surface area contributed by atoms with Crippen LogP contribution in [0.15, 0.2) is 36.4 Å². The molecule has 1 heterocycles. The smallest absolute Gasteiger partial charge is 0.335 e. The molecular formula is C12H8Cl2N2O2. The molecule has 0 saturated carbocycles. The first kappa shape index (κ1) is 12.7. The number of aromatic nitrogens is 1. The van der Waals surface area contributed by atoms with Crippen molar-refractivity contribution in [1.29, 1.82) is 0 Å². The van der Waals surface area contributed by atoms with E-state index in [2.05, 4.69) is 10.3 Å². The Balaban J connectivity index is 2.28. The first-order valence-corrected chi connectivity index (χ1v) is 5.73. The molecule has 1 aromatic heterocycles. The van der Waals surface area contributed by atoms with Crippen molar-refractivity contribution in [1.82, 2.24) is 4.98 Å². The molecule has 1 aromatic carbocycles. The molecule has 0 unspecified atom stereocenters. The highest BCUT2D eigenvalue weighted by Crippen LogP contribution is 2.20. The van der Waals surface area contributed by atoms with Crippen LogP contribution in [0.1, 0.15) is 10.4 Å². The monoisotopic (exact) mass is 282 g/mol. The molecule has 0 aliphatic rings. The van der Waals surface area contributed by atoms with E-state index in [1.807, 2.05) is 0 Å². The van der Waals surface area contributed by atoms with Gasteiger partial charge in [0.15, 0.2) is 0 Å². The molecule has 0 fully saturated rings. The van der Waals surface area contributed by atoms with Crippen molar-refractivity contribution in [3.8, 4) is 0 Å². The highest BCUT2D eigenvalue weighted by Gasteiger charge is 2.07. The Morgan fingerprint density at radius 3 is 2.44 bits per heavy atom. The molecule has 18 heavy (non-hydrogen) atoms. The largest absolute Gasteiger partial charge is 0.478 e. The number of hydrogen-bond donors (Lipinski definition) is 2. The zero-order valence-corrected chi connectivity index (χ0v) is 10.5. The Bertz CT molecular complexity index is 585. The molecule has 0 amide bonds. The quantitative estimate of drug-likeness (QED) is 0.840. The molecule has 2 aromatic rings. The fourth-order valence-corrected chi connectivity index (χ4v) is 1.70. The molecule has 0 aliphatic carbocycles. The van der Waals surface area contributed by atoms with E-state index < -0.39 is 5.97 Å². The first-order chi connectivity index (χ1) is 8.54. The highest BCUT2D eigenvalue weighted by atomic mass is 35.5. The van der Waals surface area contributed by atoms with Crippen LogP contribution >= 0.6 is 23.2 Å². The van der Waals surface area contributed by atoms with E-state index in [-0.39, 0.29) is 10.7 Å². The average Bonchev–Trinajstić information content (AvgIpc) is 2.31. The van der Waals surface area contributed by atoms with Gasteiger partial charge in [-0.05, 0) is 36.4 Å². The van der Waals surface area contributed by atoms with Crippen LogP contribution in [0.25, 0.3) is 0 Å². The average molecular weight is 283 g/mol. The summed E-state index contributed by atoms with van der Waals surface area (Å²) < 4.78 is 0. The lowest BCUT2D eigenvalue weighted by Gasteiger charge is -2.07. The van der Waals surface area contributed by atoms with E-state index in [0.717, 1.165) is 5.69 Å². The number of nitrogens with zero attached hydrogens (tertiary/aromatic N) is 1. The van der Waals surface area contributed by atoms with Crippen molar-refractivity contribution in [2.24, 2.45) is 0 Å². The maximum atomic E-state index is 10.9. The fraction of sp³-hybridized carbons (Fsp3) is 0. The van der Waals surface area contributed by atoms with Crippen LogP contribution in [0.2, 0.25) is 10.2 Å². The number of hydrogen-bond acceptors (Lipinski definition) is 3. The van der Waals surface area contributed by atoms with Crippen LogP contribution in [-0.4, -0.2) is 16.1 Å². The summed E-state index contributed by atoms with van der Waals surface area (Å²) in [4.78, 5) is 14.9. The van der Waals surface area contributed by atoms with Crippen LogP contribution in [0.4, 0.5) is 11.5 Å². The van der Waals surface area contributed by atoms with Gasteiger partial charge in [0, 0.05) is 10.7 Å². The maximum absolute atomic E-state index is 10.9. The molecule has 0 bridgehead atoms. The molecule has 0 spiro atoms. The van der Waals surface area contributed by atoms with Crippen LogP contribution in [0, 0.1) is 0 Å². The van der Waals surface area contributed by atoms with Gasteiger partial charge in [-0.15, -0.1) is 0 Å². The number of carboxylic acids is 1. The summed E-state index contributed by atoms with van der Waals surface area (Å²) in [5.41, 5.74) is 0.817. The standard InChI is InChI=1S/C12H8Cl2N2O2/c13-8-1-3-9(4-2-8)15-11-6-7(12(17)18)5-10(14)16-11/h1-6H,(H,15,16)(H,17,18). The van der Waals surface area contributed by atoms with Gasteiger partial charge in [-0.3, -0.25) is 0 Å². The van der Waals surface area contributed by atoms with E-state index in [0.29, 0.717) is 10.8 Å². The molecule has 92 valence electrons. The van der Waals surface area contributed by atoms with E-state index >= 15 is 0 Å². The summed E-state index contributed by atoms with van der Waals surface area (Å²) in [6, 6.07) is 9.63. The van der Waals surface area contributed by atoms with Crippen molar-refractivity contribution >= 4 is 40.7 Å². The Hall–Kier alpha value is -1.78. The number of rotatable bonds is 3. The van der Waals surface area contributed by atoms with Gasteiger partial charge in [0.25, 0.3) is 0 Å². The number of carboxylic acid groups (broad SMARTS) is 1. The van der Waals surface area contributed by atoms with Crippen molar-refractivity contribution < 1.29 is 9.90 Å². The second kappa shape index (κ2) is 5.25. The van der Waals surface area contributed by atoms with Crippen molar-refractivity contribution in [3.05, 3.63) is 52.1 Å². The normalized spacial score (nSPS) is 10.1. The molecule has 2 rings (SSSR count). The minimum Gasteiger partial charge on any atom is -0.478 e. The minimum atomic E-state index is -1.06. The second-order valence-electron chi connectivity index (χ2n) is 3.50. The van der Waals surface area contributed by atoms with E-state index in [4.69, 9.17) is 28.3 Å². The fourth-order valence-electron chi connectivity index (χ4n) is 1.37. The number of pyridine rings is 1. The lowest BCUT2D eigenvalue weighted by molar-refractivity contribution is 0.0697. The van der Waals surface area contributed by atoms with Gasteiger partial charge in [0.1, 0.15) is 11.0 Å². The molecule has 4 nitrogen and oxygen atoms in total. The minimum absolute atomic E-state index is 0.0754.